The van der Waals surface area contributed by atoms with Crippen molar-refractivity contribution in [2.75, 3.05) is 0 Å². The van der Waals surface area contributed by atoms with Crippen molar-refractivity contribution in [1.29, 1.82) is 0 Å². The van der Waals surface area contributed by atoms with Gasteiger partial charge in [0.05, 0.1) is 0 Å². The SMILES string of the molecule is CCCCCCCc1cc2sc(CC[C@H]3CC[C@H](CC)CC3)cc2s1. The minimum absolute atomic E-state index is 1.00. The maximum Gasteiger partial charge on any atom is 0.0456 e. The Morgan fingerprint density at radius 3 is 2.00 bits per heavy atom. The van der Waals surface area contributed by atoms with E-state index in [1.165, 1.54) is 83.5 Å². The minimum Gasteiger partial charge on any atom is -0.139 e. The molecule has 0 aliphatic heterocycles. The summed E-state index contributed by atoms with van der Waals surface area (Å²) in [6, 6.07) is 4.99. The molecular formula is C23H36S2. The largest absolute Gasteiger partial charge is 0.139 e. The van der Waals surface area contributed by atoms with Crippen molar-refractivity contribution in [2.24, 2.45) is 11.8 Å². The third kappa shape index (κ3) is 5.82. The normalized spacial score (nSPS) is 21.2. The van der Waals surface area contributed by atoms with Crippen LogP contribution in [0, 0.1) is 11.8 Å². The first-order chi connectivity index (χ1) is 12.3. The lowest BCUT2D eigenvalue weighted by molar-refractivity contribution is 0.259. The molecule has 3 rings (SSSR count). The summed E-state index contributed by atoms with van der Waals surface area (Å²) >= 11 is 4.13. The van der Waals surface area contributed by atoms with Crippen LogP contribution in [0.25, 0.3) is 9.40 Å². The third-order valence-corrected chi connectivity index (χ3v) is 8.59. The first kappa shape index (κ1) is 19.4. The smallest absolute Gasteiger partial charge is 0.0456 e. The standard InChI is InChI=1S/C23H36S2/c1-3-5-6-7-8-9-20-16-22-23(24-20)17-21(25-22)15-14-19-12-10-18(4-2)11-13-19/h16-19H,3-15H2,1-2H3/t18-,19-. The van der Waals surface area contributed by atoms with Crippen LogP contribution in [0.15, 0.2) is 12.1 Å². The van der Waals surface area contributed by atoms with Crippen LogP contribution in [0.4, 0.5) is 0 Å². The second kappa shape index (κ2) is 10.1. The number of aryl methyl sites for hydroxylation is 2. The van der Waals surface area contributed by atoms with Gasteiger partial charge < -0.3 is 0 Å². The lowest BCUT2D eigenvalue weighted by atomic mass is 9.79. The Balaban J connectivity index is 1.42. The molecule has 0 saturated heterocycles. The summed E-state index contributed by atoms with van der Waals surface area (Å²) in [6.07, 6.45) is 18.3. The predicted octanol–water partition coefficient (Wildman–Crippen LogP) is 8.62. The van der Waals surface area contributed by atoms with Crippen LogP contribution in [0.2, 0.25) is 0 Å². The summed E-state index contributed by atoms with van der Waals surface area (Å²) in [5.41, 5.74) is 0. The van der Waals surface area contributed by atoms with Gasteiger partial charge in [0.25, 0.3) is 0 Å². The second-order valence-electron chi connectivity index (χ2n) is 8.15. The highest BCUT2D eigenvalue weighted by Gasteiger charge is 2.20. The van der Waals surface area contributed by atoms with Gasteiger partial charge in [-0.05, 0) is 49.7 Å². The molecule has 1 fully saturated rings. The highest BCUT2D eigenvalue weighted by molar-refractivity contribution is 7.27. The highest BCUT2D eigenvalue weighted by Crippen LogP contribution is 2.37. The van der Waals surface area contributed by atoms with Gasteiger partial charge in [0.15, 0.2) is 0 Å². The zero-order valence-electron chi connectivity index (χ0n) is 16.3. The van der Waals surface area contributed by atoms with E-state index in [9.17, 15) is 0 Å². The summed E-state index contributed by atoms with van der Waals surface area (Å²) in [4.78, 5) is 3.25. The molecule has 0 aromatic carbocycles. The maximum atomic E-state index is 2.50. The summed E-state index contributed by atoms with van der Waals surface area (Å²) in [7, 11) is 0. The van der Waals surface area contributed by atoms with Gasteiger partial charge in [-0.25, -0.2) is 0 Å². The summed E-state index contributed by atoms with van der Waals surface area (Å²) in [6.45, 7) is 4.66. The summed E-state index contributed by atoms with van der Waals surface area (Å²) in [5.74, 6) is 2.03. The topological polar surface area (TPSA) is 0 Å². The van der Waals surface area contributed by atoms with Crippen LogP contribution < -0.4 is 0 Å². The number of hydrogen-bond donors (Lipinski definition) is 0. The van der Waals surface area contributed by atoms with Crippen LogP contribution in [0.5, 0.6) is 0 Å². The van der Waals surface area contributed by atoms with E-state index in [-0.39, 0.29) is 0 Å². The predicted molar refractivity (Wildman–Crippen MR) is 116 cm³/mol. The van der Waals surface area contributed by atoms with Crippen molar-refractivity contribution >= 4 is 32.1 Å². The first-order valence-electron chi connectivity index (χ1n) is 10.8. The fourth-order valence-corrected chi connectivity index (χ4v) is 6.86. The number of rotatable bonds is 10. The molecule has 0 radical (unpaired) electrons. The van der Waals surface area contributed by atoms with Crippen LogP contribution in [-0.2, 0) is 12.8 Å². The maximum absolute atomic E-state index is 2.50. The molecule has 2 heteroatoms. The molecule has 0 amide bonds. The van der Waals surface area contributed by atoms with Crippen LogP contribution >= 0.6 is 22.7 Å². The van der Waals surface area contributed by atoms with Gasteiger partial charge in [-0.3, -0.25) is 0 Å². The van der Waals surface area contributed by atoms with E-state index in [2.05, 4.69) is 48.7 Å². The van der Waals surface area contributed by atoms with E-state index >= 15 is 0 Å². The Hall–Kier alpha value is -0.340. The van der Waals surface area contributed by atoms with E-state index in [4.69, 9.17) is 0 Å². The summed E-state index contributed by atoms with van der Waals surface area (Å²) < 4.78 is 3.11. The van der Waals surface area contributed by atoms with Gasteiger partial charge >= 0.3 is 0 Å². The molecule has 1 aliphatic carbocycles. The summed E-state index contributed by atoms with van der Waals surface area (Å²) in [5, 5.41) is 0. The van der Waals surface area contributed by atoms with E-state index in [0.717, 1.165) is 11.8 Å². The number of unbranched alkanes of at least 4 members (excludes halogenated alkanes) is 4. The highest BCUT2D eigenvalue weighted by atomic mass is 32.1. The number of hydrogen-bond acceptors (Lipinski definition) is 2. The Morgan fingerprint density at radius 2 is 1.36 bits per heavy atom. The van der Waals surface area contributed by atoms with Gasteiger partial charge in [-0.15, -0.1) is 22.7 Å². The van der Waals surface area contributed by atoms with Crippen molar-refractivity contribution in [2.45, 2.75) is 97.3 Å². The van der Waals surface area contributed by atoms with Gasteiger partial charge in [0.2, 0.25) is 0 Å². The Labute approximate surface area is 163 Å². The molecule has 25 heavy (non-hydrogen) atoms. The molecule has 0 atom stereocenters. The fraction of sp³-hybridized carbons (Fsp3) is 0.739. The molecule has 2 aromatic rings. The molecule has 0 bridgehead atoms. The Bertz CT molecular complexity index is 582. The molecule has 2 heterocycles. The van der Waals surface area contributed by atoms with Crippen molar-refractivity contribution in [3.8, 4) is 0 Å². The van der Waals surface area contributed by atoms with E-state index in [0.29, 0.717) is 0 Å². The van der Waals surface area contributed by atoms with Crippen LogP contribution in [0.3, 0.4) is 0 Å². The average Bonchev–Trinajstić information content (AvgIpc) is 3.18. The van der Waals surface area contributed by atoms with Gasteiger partial charge in [0, 0.05) is 19.2 Å². The van der Waals surface area contributed by atoms with E-state index in [1.54, 1.807) is 19.2 Å². The van der Waals surface area contributed by atoms with E-state index in [1.807, 2.05) is 0 Å². The minimum atomic E-state index is 1.00. The molecule has 0 spiro atoms. The molecule has 0 N–H and O–H groups in total. The molecule has 2 aromatic heterocycles. The van der Waals surface area contributed by atoms with Crippen LogP contribution in [0.1, 0.15) is 94.2 Å². The fourth-order valence-electron chi connectivity index (χ4n) is 4.36. The van der Waals surface area contributed by atoms with Gasteiger partial charge in [-0.1, -0.05) is 71.6 Å². The van der Waals surface area contributed by atoms with Crippen LogP contribution in [-0.4, -0.2) is 0 Å². The van der Waals surface area contributed by atoms with E-state index < -0.39 is 0 Å². The molecule has 0 unspecified atom stereocenters. The van der Waals surface area contributed by atoms with Crippen molar-refractivity contribution < 1.29 is 0 Å². The second-order valence-corrected chi connectivity index (χ2v) is 10.5. The molecule has 1 aliphatic rings. The number of thiophene rings is 2. The Kier molecular flexibility index (Phi) is 7.86. The van der Waals surface area contributed by atoms with Crippen molar-refractivity contribution in [1.82, 2.24) is 0 Å². The monoisotopic (exact) mass is 376 g/mol. The van der Waals surface area contributed by atoms with Gasteiger partial charge in [-0.2, -0.15) is 0 Å². The van der Waals surface area contributed by atoms with Crippen molar-refractivity contribution in [3.05, 3.63) is 21.9 Å². The lowest BCUT2D eigenvalue weighted by Gasteiger charge is -2.27. The quantitative estimate of drug-likeness (QED) is 0.364. The molecule has 0 nitrogen and oxygen atoms in total. The molecule has 1 saturated carbocycles. The number of fused-ring (bicyclic) bond motifs is 1. The zero-order valence-corrected chi connectivity index (χ0v) is 18.0. The van der Waals surface area contributed by atoms with Gasteiger partial charge in [0.1, 0.15) is 0 Å². The average molecular weight is 377 g/mol. The lowest BCUT2D eigenvalue weighted by Crippen LogP contribution is -2.14. The Morgan fingerprint density at radius 1 is 0.760 bits per heavy atom. The molecular weight excluding hydrogens is 340 g/mol. The third-order valence-electron chi connectivity index (χ3n) is 6.18. The zero-order chi connectivity index (χ0) is 17.5. The molecule has 140 valence electrons. The van der Waals surface area contributed by atoms with Crippen molar-refractivity contribution in [3.63, 3.8) is 0 Å². The first-order valence-corrected chi connectivity index (χ1v) is 12.4.